The van der Waals surface area contributed by atoms with E-state index < -0.39 is 5.97 Å². The molecule has 1 aliphatic rings. The van der Waals surface area contributed by atoms with Gasteiger partial charge < -0.3 is 15.8 Å². The van der Waals surface area contributed by atoms with Crippen LogP contribution in [0.1, 0.15) is 60.6 Å². The number of nitrogens with one attached hydrogen (secondary N) is 1. The molecule has 1 aromatic rings. The average molecular weight is 344 g/mol. The molecule has 0 radical (unpaired) electrons. The Kier molecular flexibility index (Phi) is 6.75. The lowest BCUT2D eigenvalue weighted by Gasteiger charge is -2.17. The van der Waals surface area contributed by atoms with Crippen LogP contribution in [-0.4, -0.2) is 30.0 Å². The van der Waals surface area contributed by atoms with Gasteiger partial charge in [-0.05, 0) is 25.3 Å². The van der Waals surface area contributed by atoms with Crippen LogP contribution in [0.15, 0.2) is 6.07 Å². The second kappa shape index (κ2) is 9.02. The van der Waals surface area contributed by atoms with Crippen LogP contribution in [-0.2, 0) is 16.0 Å². The number of anilines is 1. The molecular formula is C18H24N4O3. The van der Waals surface area contributed by atoms with Gasteiger partial charge in [0, 0.05) is 18.9 Å². The molecule has 7 nitrogen and oxygen atoms in total. The van der Waals surface area contributed by atoms with E-state index in [1.807, 2.05) is 6.92 Å². The highest BCUT2D eigenvalue weighted by Crippen LogP contribution is 2.22. The number of cyclic esters (lactones) is 1. The predicted molar refractivity (Wildman–Crippen MR) is 92.9 cm³/mol. The number of carbonyl (C=O) groups excluding carboxylic acids is 2. The second-order valence-corrected chi connectivity index (χ2v) is 6.19. The summed E-state index contributed by atoms with van der Waals surface area (Å²) in [6, 6.07) is 3.60. The topological polar surface area (TPSA) is 118 Å². The van der Waals surface area contributed by atoms with Gasteiger partial charge in [-0.15, -0.1) is 0 Å². The summed E-state index contributed by atoms with van der Waals surface area (Å²) in [7, 11) is 0. The number of unbranched alkanes of at least 4 members (excludes halogenated alkanes) is 1. The monoisotopic (exact) mass is 344 g/mol. The van der Waals surface area contributed by atoms with Gasteiger partial charge in [-0.1, -0.05) is 19.8 Å². The molecule has 0 aliphatic carbocycles. The first-order chi connectivity index (χ1) is 12.1. The number of nitrogens with zero attached hydrogens (tertiary/aromatic N) is 2. The Bertz CT molecular complexity index is 682. The fourth-order valence-electron chi connectivity index (χ4n) is 2.96. The molecule has 134 valence electrons. The molecule has 1 amide bonds. The quantitative estimate of drug-likeness (QED) is 0.523. The van der Waals surface area contributed by atoms with Crippen molar-refractivity contribution in [2.75, 3.05) is 18.5 Å². The van der Waals surface area contributed by atoms with Crippen molar-refractivity contribution in [3.05, 3.63) is 22.9 Å². The summed E-state index contributed by atoms with van der Waals surface area (Å²) < 4.78 is 4.97. The van der Waals surface area contributed by atoms with E-state index in [0.29, 0.717) is 42.2 Å². The van der Waals surface area contributed by atoms with E-state index in [1.165, 1.54) is 6.07 Å². The van der Waals surface area contributed by atoms with Gasteiger partial charge in [-0.25, -0.2) is 9.78 Å². The number of aromatic nitrogens is 1. The van der Waals surface area contributed by atoms with Crippen molar-refractivity contribution >= 4 is 17.7 Å². The maximum absolute atomic E-state index is 11.7. The molecular weight excluding hydrogens is 320 g/mol. The Morgan fingerprint density at radius 2 is 2.28 bits per heavy atom. The number of hydrogen-bond donors (Lipinski definition) is 2. The summed E-state index contributed by atoms with van der Waals surface area (Å²) in [5.74, 6) is -0.224. The lowest BCUT2D eigenvalue weighted by Crippen LogP contribution is -2.23. The van der Waals surface area contributed by atoms with E-state index >= 15 is 0 Å². The number of ether oxygens (including phenoxy) is 1. The molecule has 7 heteroatoms. The Balaban J connectivity index is 1.90. The zero-order valence-corrected chi connectivity index (χ0v) is 14.5. The molecule has 1 atom stereocenters. The van der Waals surface area contributed by atoms with E-state index in [-0.39, 0.29) is 11.8 Å². The van der Waals surface area contributed by atoms with Crippen LogP contribution in [0.3, 0.4) is 0 Å². The van der Waals surface area contributed by atoms with Crippen LogP contribution < -0.4 is 11.1 Å². The smallest absolute Gasteiger partial charge is 0.340 e. The highest BCUT2D eigenvalue weighted by Gasteiger charge is 2.22. The number of primary amides is 1. The third-order valence-corrected chi connectivity index (χ3v) is 4.33. The maximum atomic E-state index is 11.7. The molecule has 1 unspecified atom stereocenters. The number of carbonyl (C=O) groups is 2. The molecule has 1 aromatic heterocycles. The summed E-state index contributed by atoms with van der Waals surface area (Å²) in [6.07, 6.45) is 4.82. The van der Waals surface area contributed by atoms with Crippen molar-refractivity contribution in [3.8, 4) is 6.07 Å². The molecule has 0 saturated heterocycles. The van der Waals surface area contributed by atoms with E-state index in [4.69, 9.17) is 10.5 Å². The molecule has 0 spiro atoms. The third kappa shape index (κ3) is 4.92. The first kappa shape index (κ1) is 18.7. The van der Waals surface area contributed by atoms with Gasteiger partial charge in [0.15, 0.2) is 0 Å². The Hall–Kier alpha value is -2.62. The van der Waals surface area contributed by atoms with E-state index in [9.17, 15) is 14.9 Å². The third-order valence-electron chi connectivity index (χ3n) is 4.33. The van der Waals surface area contributed by atoms with E-state index in [1.54, 1.807) is 0 Å². The van der Waals surface area contributed by atoms with Gasteiger partial charge in [0.05, 0.1) is 23.4 Å². The van der Waals surface area contributed by atoms with Crippen molar-refractivity contribution in [1.82, 2.24) is 4.98 Å². The normalized spacial score (nSPS) is 14.2. The van der Waals surface area contributed by atoms with Crippen molar-refractivity contribution in [2.45, 2.75) is 45.4 Å². The van der Waals surface area contributed by atoms with Crippen molar-refractivity contribution in [1.29, 1.82) is 5.26 Å². The fraction of sp³-hybridized carbons (Fsp3) is 0.556. The maximum Gasteiger partial charge on any atom is 0.340 e. The van der Waals surface area contributed by atoms with Gasteiger partial charge in [0.2, 0.25) is 5.91 Å². The summed E-state index contributed by atoms with van der Waals surface area (Å²) >= 11 is 0. The lowest BCUT2D eigenvalue weighted by molar-refractivity contribution is -0.122. The predicted octanol–water partition coefficient (Wildman–Crippen LogP) is 2.15. The number of nitriles is 1. The lowest BCUT2D eigenvalue weighted by atomic mass is 9.96. The first-order valence-corrected chi connectivity index (χ1v) is 8.71. The molecule has 3 N–H and O–H groups in total. The second-order valence-electron chi connectivity index (χ2n) is 6.19. The van der Waals surface area contributed by atoms with Crippen LogP contribution >= 0.6 is 0 Å². The highest BCUT2D eigenvalue weighted by atomic mass is 16.5. The highest BCUT2D eigenvalue weighted by molar-refractivity contribution is 5.92. The van der Waals surface area contributed by atoms with Gasteiger partial charge >= 0.3 is 5.97 Å². The van der Waals surface area contributed by atoms with Gasteiger partial charge in [-0.3, -0.25) is 4.79 Å². The summed E-state index contributed by atoms with van der Waals surface area (Å²) in [4.78, 5) is 27.5. The van der Waals surface area contributed by atoms with E-state index in [2.05, 4.69) is 16.4 Å². The molecule has 0 fully saturated rings. The van der Waals surface area contributed by atoms with Crippen molar-refractivity contribution in [2.24, 2.45) is 11.7 Å². The molecule has 25 heavy (non-hydrogen) atoms. The number of esters is 1. The summed E-state index contributed by atoms with van der Waals surface area (Å²) in [6.45, 7) is 3.00. The largest absolute Gasteiger partial charge is 0.462 e. The number of hydrogen-bond acceptors (Lipinski definition) is 6. The van der Waals surface area contributed by atoms with Gasteiger partial charge in [0.1, 0.15) is 11.9 Å². The van der Waals surface area contributed by atoms with Crippen LogP contribution in [0, 0.1) is 17.2 Å². The van der Waals surface area contributed by atoms with Crippen LogP contribution in [0.4, 0.5) is 5.82 Å². The Morgan fingerprint density at radius 3 is 2.96 bits per heavy atom. The zero-order chi connectivity index (χ0) is 18.2. The molecule has 0 saturated carbocycles. The Morgan fingerprint density at radius 1 is 1.48 bits per heavy atom. The first-order valence-electron chi connectivity index (χ1n) is 8.71. The Labute approximate surface area is 147 Å². The average Bonchev–Trinajstić information content (AvgIpc) is 2.60. The molecule has 1 aliphatic heterocycles. The zero-order valence-electron chi connectivity index (χ0n) is 14.5. The standard InChI is InChI=1S/C18H24N4O3/c1-2-5-12(16(20)23)6-3-4-8-21-17-13(11-19)10-14-15(22-17)7-9-25-18(14)24/h10,12H,2-9H2,1H3,(H2,20,23)(H,21,22). The molecule has 0 aromatic carbocycles. The molecule has 2 rings (SSSR count). The number of amides is 1. The SMILES string of the molecule is CCCC(CCCCNc1nc2c(cc1C#N)C(=O)OCC2)C(N)=O. The number of rotatable bonds is 9. The molecule has 0 bridgehead atoms. The molecule has 2 heterocycles. The summed E-state index contributed by atoms with van der Waals surface area (Å²) in [5, 5.41) is 12.4. The van der Waals surface area contributed by atoms with Gasteiger partial charge in [0.25, 0.3) is 0 Å². The number of pyridine rings is 1. The minimum Gasteiger partial charge on any atom is -0.462 e. The van der Waals surface area contributed by atoms with Crippen molar-refractivity contribution < 1.29 is 14.3 Å². The van der Waals surface area contributed by atoms with Crippen LogP contribution in [0.25, 0.3) is 0 Å². The minimum absolute atomic E-state index is 0.0625. The minimum atomic E-state index is -0.426. The fourth-order valence-corrected chi connectivity index (χ4v) is 2.96. The summed E-state index contributed by atoms with van der Waals surface area (Å²) in [5.41, 5.74) is 6.77. The van der Waals surface area contributed by atoms with Crippen LogP contribution in [0.2, 0.25) is 0 Å². The van der Waals surface area contributed by atoms with Crippen molar-refractivity contribution in [3.63, 3.8) is 0 Å². The van der Waals surface area contributed by atoms with Gasteiger partial charge in [-0.2, -0.15) is 5.26 Å². The number of fused-ring (bicyclic) bond motifs is 1. The van der Waals surface area contributed by atoms with E-state index in [0.717, 1.165) is 32.1 Å². The number of nitrogens with two attached hydrogens (primary N) is 1. The van der Waals surface area contributed by atoms with Crippen LogP contribution in [0.5, 0.6) is 0 Å².